The first kappa shape index (κ1) is 33.1. The Morgan fingerprint density at radius 1 is 0.189 bits per heavy atom. The Balaban J connectivity index is 1.12. The van der Waals surface area contributed by atoms with Crippen molar-refractivity contribution >= 4 is 63.3 Å². The molecule has 0 heterocycles. The smallest absolute Gasteiger partial charge is 0.0463 e. The van der Waals surface area contributed by atoms with Gasteiger partial charge in [-0.15, -0.1) is 0 Å². The fraction of sp³-hybridized carbons (Fsp3) is 0. The van der Waals surface area contributed by atoms with Crippen LogP contribution < -0.4 is 14.7 Å². The third-order valence-corrected chi connectivity index (χ3v) is 9.21. The van der Waals surface area contributed by atoms with E-state index in [0.29, 0.717) is 0 Å². The number of hydrogen-bond acceptors (Lipinski definition) is 3. The molecule has 8 rings (SSSR count). The summed E-state index contributed by atoms with van der Waals surface area (Å²) < 4.78 is 0. The van der Waals surface area contributed by atoms with Crippen LogP contribution in [0.25, 0.3) is 12.2 Å². The largest absolute Gasteiger partial charge is 0.311 e. The summed E-state index contributed by atoms with van der Waals surface area (Å²) in [5.41, 5.74) is 12.2. The van der Waals surface area contributed by atoms with Crippen LogP contribution in [0.4, 0.5) is 51.2 Å². The molecule has 254 valence electrons. The van der Waals surface area contributed by atoms with Gasteiger partial charge in [0.1, 0.15) is 0 Å². The molecule has 8 aromatic rings. The van der Waals surface area contributed by atoms with E-state index in [1.807, 2.05) is 6.07 Å². The lowest BCUT2D eigenvalue weighted by atomic mass is 10.1. The van der Waals surface area contributed by atoms with E-state index < -0.39 is 0 Å². The van der Waals surface area contributed by atoms with Crippen LogP contribution in [0.15, 0.2) is 224 Å². The normalized spacial score (nSPS) is 10.9. The van der Waals surface area contributed by atoms with Gasteiger partial charge in [0.15, 0.2) is 0 Å². The SMILES string of the molecule is C(=Cc1ccc(N(c2ccccc2)c2ccc(N(c3ccccc3)c3ccc(N(c4ccccc4)c4ccccc4)cc3)cc2)cc1)c1ccccc1. The van der Waals surface area contributed by atoms with Crippen molar-refractivity contribution in [3.63, 3.8) is 0 Å². The van der Waals surface area contributed by atoms with E-state index in [9.17, 15) is 0 Å². The first-order valence-electron chi connectivity index (χ1n) is 17.9. The van der Waals surface area contributed by atoms with Gasteiger partial charge in [-0.25, -0.2) is 0 Å². The van der Waals surface area contributed by atoms with E-state index in [1.54, 1.807) is 0 Å². The summed E-state index contributed by atoms with van der Waals surface area (Å²) in [6.45, 7) is 0. The van der Waals surface area contributed by atoms with Crippen molar-refractivity contribution in [1.82, 2.24) is 0 Å². The number of nitrogens with zero attached hydrogens (tertiary/aromatic N) is 3. The standard InChI is InChI=1S/C50H39N3/c1-6-16-40(17-7-1)26-27-41-28-30-46(31-29-41)52(44-22-12-4-13-23-44)48-36-38-50(39-37-48)53(45-24-14-5-15-25-45)49-34-32-47(33-35-49)51(42-18-8-2-9-19-42)43-20-10-3-11-21-43/h1-39H. The Labute approximate surface area is 312 Å². The fourth-order valence-electron chi connectivity index (χ4n) is 6.64. The van der Waals surface area contributed by atoms with Crippen LogP contribution in [-0.2, 0) is 0 Å². The number of anilines is 9. The van der Waals surface area contributed by atoms with Crippen LogP contribution >= 0.6 is 0 Å². The highest BCUT2D eigenvalue weighted by atomic mass is 15.2. The lowest BCUT2D eigenvalue weighted by molar-refractivity contribution is 1.24. The number of rotatable bonds is 11. The molecule has 0 radical (unpaired) electrons. The monoisotopic (exact) mass is 681 g/mol. The first-order valence-corrected chi connectivity index (χ1v) is 17.9. The van der Waals surface area contributed by atoms with Crippen LogP contribution in [-0.4, -0.2) is 0 Å². The zero-order chi connectivity index (χ0) is 35.7. The zero-order valence-corrected chi connectivity index (χ0v) is 29.4. The van der Waals surface area contributed by atoms with Gasteiger partial charge in [-0.05, 0) is 120 Å². The second-order valence-electron chi connectivity index (χ2n) is 12.7. The molecule has 0 unspecified atom stereocenters. The molecule has 0 aliphatic rings. The lowest BCUT2D eigenvalue weighted by Crippen LogP contribution is -2.13. The van der Waals surface area contributed by atoms with E-state index in [-0.39, 0.29) is 0 Å². The van der Waals surface area contributed by atoms with E-state index in [2.05, 4.69) is 245 Å². The quantitative estimate of drug-likeness (QED) is 0.126. The van der Waals surface area contributed by atoms with Crippen LogP contribution in [0.3, 0.4) is 0 Å². The Bertz CT molecular complexity index is 2300. The molecule has 53 heavy (non-hydrogen) atoms. The summed E-state index contributed by atoms with van der Waals surface area (Å²) in [6.07, 6.45) is 4.31. The lowest BCUT2D eigenvalue weighted by Gasteiger charge is -2.29. The molecule has 0 saturated heterocycles. The Kier molecular flexibility index (Phi) is 9.89. The zero-order valence-electron chi connectivity index (χ0n) is 29.4. The minimum absolute atomic E-state index is 1.07. The van der Waals surface area contributed by atoms with Gasteiger partial charge in [-0.3, -0.25) is 0 Å². The maximum Gasteiger partial charge on any atom is 0.0463 e. The average molecular weight is 682 g/mol. The number of para-hydroxylation sites is 4. The van der Waals surface area contributed by atoms with Gasteiger partial charge < -0.3 is 14.7 Å². The molecule has 3 heteroatoms. The van der Waals surface area contributed by atoms with Gasteiger partial charge in [0.25, 0.3) is 0 Å². The molecule has 0 atom stereocenters. The number of benzene rings is 8. The fourth-order valence-corrected chi connectivity index (χ4v) is 6.64. The third kappa shape index (κ3) is 7.65. The van der Waals surface area contributed by atoms with Gasteiger partial charge in [0, 0.05) is 51.2 Å². The highest BCUT2D eigenvalue weighted by Gasteiger charge is 2.17. The predicted molar refractivity (Wildman–Crippen MR) is 226 cm³/mol. The molecule has 0 N–H and O–H groups in total. The van der Waals surface area contributed by atoms with Crippen LogP contribution in [0.2, 0.25) is 0 Å². The molecule has 0 aromatic heterocycles. The minimum Gasteiger partial charge on any atom is -0.311 e. The molecule has 0 saturated carbocycles. The van der Waals surface area contributed by atoms with Crippen molar-refractivity contribution in [3.05, 3.63) is 236 Å². The van der Waals surface area contributed by atoms with Crippen molar-refractivity contribution in [1.29, 1.82) is 0 Å². The molecular formula is C50H39N3. The summed E-state index contributed by atoms with van der Waals surface area (Å²) >= 11 is 0. The molecule has 8 aromatic carbocycles. The van der Waals surface area contributed by atoms with Crippen molar-refractivity contribution < 1.29 is 0 Å². The van der Waals surface area contributed by atoms with Crippen molar-refractivity contribution in [2.45, 2.75) is 0 Å². The molecule has 0 aliphatic heterocycles. The van der Waals surface area contributed by atoms with Crippen molar-refractivity contribution in [3.8, 4) is 0 Å². The van der Waals surface area contributed by atoms with Gasteiger partial charge in [-0.2, -0.15) is 0 Å². The molecule has 0 amide bonds. The topological polar surface area (TPSA) is 9.72 Å². The molecular weight excluding hydrogens is 643 g/mol. The highest BCUT2D eigenvalue weighted by molar-refractivity contribution is 5.83. The maximum atomic E-state index is 2.31. The summed E-state index contributed by atoms with van der Waals surface area (Å²) in [5, 5.41) is 0. The third-order valence-electron chi connectivity index (χ3n) is 9.21. The van der Waals surface area contributed by atoms with Crippen LogP contribution in [0.5, 0.6) is 0 Å². The summed E-state index contributed by atoms with van der Waals surface area (Å²) in [4.78, 5) is 6.90. The van der Waals surface area contributed by atoms with E-state index in [0.717, 1.165) is 56.7 Å². The molecule has 0 spiro atoms. The molecule has 0 fully saturated rings. The van der Waals surface area contributed by atoms with Gasteiger partial charge >= 0.3 is 0 Å². The summed E-state index contributed by atoms with van der Waals surface area (Å²) in [7, 11) is 0. The minimum atomic E-state index is 1.07. The highest BCUT2D eigenvalue weighted by Crippen LogP contribution is 2.41. The van der Waals surface area contributed by atoms with E-state index in [1.165, 1.54) is 5.56 Å². The number of hydrogen-bond donors (Lipinski definition) is 0. The molecule has 0 aliphatic carbocycles. The molecule has 0 bridgehead atoms. The second kappa shape index (κ2) is 15.8. The first-order chi connectivity index (χ1) is 26.3. The molecule has 3 nitrogen and oxygen atoms in total. The Morgan fingerprint density at radius 2 is 0.377 bits per heavy atom. The Hall–Kier alpha value is -7.10. The maximum absolute atomic E-state index is 2.31. The second-order valence-corrected chi connectivity index (χ2v) is 12.7. The van der Waals surface area contributed by atoms with E-state index >= 15 is 0 Å². The predicted octanol–water partition coefficient (Wildman–Crippen LogP) is 14.3. The average Bonchev–Trinajstić information content (AvgIpc) is 3.24. The van der Waals surface area contributed by atoms with E-state index in [4.69, 9.17) is 0 Å². The van der Waals surface area contributed by atoms with Crippen LogP contribution in [0, 0.1) is 0 Å². The summed E-state index contributed by atoms with van der Waals surface area (Å²) in [5.74, 6) is 0. The van der Waals surface area contributed by atoms with Gasteiger partial charge in [0.05, 0.1) is 0 Å². The van der Waals surface area contributed by atoms with Crippen LogP contribution in [0.1, 0.15) is 11.1 Å². The summed E-state index contributed by atoms with van der Waals surface area (Å²) in [6, 6.07) is 78.9. The Morgan fingerprint density at radius 3 is 0.642 bits per heavy atom. The van der Waals surface area contributed by atoms with Gasteiger partial charge in [-0.1, -0.05) is 127 Å². The van der Waals surface area contributed by atoms with Crippen molar-refractivity contribution in [2.75, 3.05) is 14.7 Å². The van der Waals surface area contributed by atoms with Crippen molar-refractivity contribution in [2.24, 2.45) is 0 Å². The van der Waals surface area contributed by atoms with Gasteiger partial charge in [0.2, 0.25) is 0 Å².